The Hall–Kier alpha value is -2.31. The number of carbonyl (C=O) groups excluding carboxylic acids is 1. The van der Waals surface area contributed by atoms with Gasteiger partial charge in [-0.2, -0.15) is 0 Å². The van der Waals surface area contributed by atoms with Crippen molar-refractivity contribution < 1.29 is 14.5 Å². The van der Waals surface area contributed by atoms with E-state index in [9.17, 15) is 14.9 Å². The smallest absolute Gasteiger partial charge is 0.270 e. The summed E-state index contributed by atoms with van der Waals surface area (Å²) in [6.07, 6.45) is 0. The largest absolute Gasteiger partial charge is 0.492 e. The molecule has 0 aliphatic carbocycles. The van der Waals surface area contributed by atoms with Crippen molar-refractivity contribution in [1.29, 1.82) is 0 Å². The molecule has 8 heteroatoms. The second-order valence-electron chi connectivity index (χ2n) is 4.94. The molecule has 0 spiro atoms. The van der Waals surface area contributed by atoms with Crippen LogP contribution in [-0.4, -0.2) is 24.0 Å². The summed E-state index contributed by atoms with van der Waals surface area (Å²) >= 11 is 11.9. The molecule has 0 bridgehead atoms. The van der Waals surface area contributed by atoms with Gasteiger partial charge < -0.3 is 10.1 Å². The van der Waals surface area contributed by atoms with Crippen LogP contribution < -0.4 is 10.1 Å². The molecule has 0 radical (unpaired) electrons. The Kier molecular flexibility index (Phi) is 6.00. The summed E-state index contributed by atoms with van der Waals surface area (Å²) in [6.45, 7) is 2.32. The number of nitro benzene ring substituents is 1. The fourth-order valence-corrected chi connectivity index (χ4v) is 2.27. The van der Waals surface area contributed by atoms with Crippen molar-refractivity contribution in [2.75, 3.05) is 13.2 Å². The molecule has 1 N–H and O–H groups in total. The van der Waals surface area contributed by atoms with Crippen LogP contribution in [0.5, 0.6) is 5.75 Å². The van der Waals surface area contributed by atoms with Crippen molar-refractivity contribution in [2.45, 2.75) is 6.92 Å². The van der Waals surface area contributed by atoms with E-state index in [4.69, 9.17) is 27.9 Å². The standard InChI is InChI=1S/C16H14Cl2N2O4/c1-10-2-4-12(9-15(10)18)24-7-6-19-16(21)13-8-11(20(22)23)3-5-14(13)17/h2-5,8-9H,6-7H2,1H3,(H,19,21). The quantitative estimate of drug-likeness (QED) is 0.474. The van der Waals surface area contributed by atoms with Gasteiger partial charge in [0.1, 0.15) is 12.4 Å². The second-order valence-corrected chi connectivity index (χ2v) is 5.75. The van der Waals surface area contributed by atoms with Crippen molar-refractivity contribution in [1.82, 2.24) is 5.32 Å². The minimum atomic E-state index is -0.586. The summed E-state index contributed by atoms with van der Waals surface area (Å²) in [6, 6.07) is 9.00. The van der Waals surface area contributed by atoms with Crippen molar-refractivity contribution >= 4 is 34.8 Å². The van der Waals surface area contributed by atoms with Crippen LogP contribution in [0.1, 0.15) is 15.9 Å². The van der Waals surface area contributed by atoms with Crippen LogP contribution in [0, 0.1) is 17.0 Å². The fraction of sp³-hybridized carbons (Fsp3) is 0.188. The first-order valence-corrected chi connectivity index (χ1v) is 7.75. The first-order chi connectivity index (χ1) is 11.4. The molecule has 0 atom stereocenters. The van der Waals surface area contributed by atoms with E-state index >= 15 is 0 Å². The average molecular weight is 369 g/mol. The molecule has 1 amide bonds. The summed E-state index contributed by atoms with van der Waals surface area (Å²) in [4.78, 5) is 22.2. The first-order valence-electron chi connectivity index (χ1n) is 6.99. The van der Waals surface area contributed by atoms with Crippen molar-refractivity contribution in [3.8, 4) is 5.75 Å². The summed E-state index contributed by atoms with van der Waals surface area (Å²) in [5, 5.41) is 14.1. The number of non-ortho nitro benzene ring substituents is 1. The predicted octanol–water partition coefficient (Wildman–Crippen LogP) is 4.02. The highest BCUT2D eigenvalue weighted by Gasteiger charge is 2.15. The van der Waals surface area contributed by atoms with E-state index in [-0.39, 0.29) is 29.4 Å². The Morgan fingerprint density at radius 2 is 1.96 bits per heavy atom. The SMILES string of the molecule is Cc1ccc(OCCNC(=O)c2cc([N+](=O)[O-])ccc2Cl)cc1Cl. The van der Waals surface area contributed by atoms with Crippen LogP contribution in [0.4, 0.5) is 5.69 Å². The number of rotatable bonds is 6. The lowest BCUT2D eigenvalue weighted by Crippen LogP contribution is -2.28. The number of halogens is 2. The molecule has 24 heavy (non-hydrogen) atoms. The predicted molar refractivity (Wildman–Crippen MR) is 92.1 cm³/mol. The van der Waals surface area contributed by atoms with E-state index in [1.165, 1.54) is 12.1 Å². The summed E-state index contributed by atoms with van der Waals surface area (Å²) in [5.74, 6) is 0.0856. The lowest BCUT2D eigenvalue weighted by molar-refractivity contribution is -0.384. The highest BCUT2D eigenvalue weighted by atomic mass is 35.5. The number of nitrogens with zero attached hydrogens (tertiary/aromatic N) is 1. The van der Waals surface area contributed by atoms with Crippen molar-refractivity contribution in [3.63, 3.8) is 0 Å². The maximum absolute atomic E-state index is 12.1. The molecule has 2 aromatic carbocycles. The maximum atomic E-state index is 12.1. The van der Waals surface area contributed by atoms with Crippen LogP contribution in [-0.2, 0) is 0 Å². The number of nitro groups is 1. The summed E-state index contributed by atoms with van der Waals surface area (Å²) < 4.78 is 5.48. The number of carbonyl (C=O) groups is 1. The van der Waals surface area contributed by atoms with Gasteiger partial charge in [0, 0.05) is 17.2 Å². The first kappa shape index (κ1) is 18.0. The average Bonchev–Trinajstić information content (AvgIpc) is 2.54. The van der Waals surface area contributed by atoms with Gasteiger partial charge in [-0.05, 0) is 30.7 Å². The van der Waals surface area contributed by atoms with Crippen LogP contribution in [0.25, 0.3) is 0 Å². The third-order valence-electron chi connectivity index (χ3n) is 3.21. The number of hydrogen-bond donors (Lipinski definition) is 1. The van der Waals surface area contributed by atoms with E-state index in [0.29, 0.717) is 10.8 Å². The van der Waals surface area contributed by atoms with E-state index in [2.05, 4.69) is 5.32 Å². The van der Waals surface area contributed by atoms with E-state index in [1.807, 2.05) is 13.0 Å². The number of benzene rings is 2. The summed E-state index contributed by atoms with van der Waals surface area (Å²) in [5.41, 5.74) is 0.789. The number of hydrogen-bond acceptors (Lipinski definition) is 4. The van der Waals surface area contributed by atoms with E-state index < -0.39 is 10.8 Å². The third-order valence-corrected chi connectivity index (χ3v) is 3.94. The zero-order valence-corrected chi connectivity index (χ0v) is 14.2. The molecule has 6 nitrogen and oxygen atoms in total. The van der Waals surface area contributed by atoms with Crippen LogP contribution in [0.2, 0.25) is 10.0 Å². The zero-order valence-electron chi connectivity index (χ0n) is 12.7. The van der Waals surface area contributed by atoms with Gasteiger partial charge in [-0.15, -0.1) is 0 Å². The molecular formula is C16H14Cl2N2O4. The van der Waals surface area contributed by atoms with Crippen LogP contribution in [0.3, 0.4) is 0 Å². The number of ether oxygens (including phenoxy) is 1. The third kappa shape index (κ3) is 4.59. The Morgan fingerprint density at radius 1 is 1.21 bits per heavy atom. The lowest BCUT2D eigenvalue weighted by Gasteiger charge is -2.09. The van der Waals surface area contributed by atoms with Gasteiger partial charge in [0.15, 0.2) is 0 Å². The van der Waals surface area contributed by atoms with Crippen LogP contribution >= 0.6 is 23.2 Å². The molecule has 0 aromatic heterocycles. The summed E-state index contributed by atoms with van der Waals surface area (Å²) in [7, 11) is 0. The van der Waals surface area contributed by atoms with Crippen molar-refractivity contribution in [2.24, 2.45) is 0 Å². The second kappa shape index (κ2) is 7.99. The van der Waals surface area contributed by atoms with Gasteiger partial charge in [-0.3, -0.25) is 14.9 Å². The van der Waals surface area contributed by atoms with Gasteiger partial charge in [0.2, 0.25) is 0 Å². The molecule has 2 aromatic rings. The van der Waals surface area contributed by atoms with Gasteiger partial charge in [-0.1, -0.05) is 29.3 Å². The Morgan fingerprint density at radius 3 is 2.62 bits per heavy atom. The molecule has 2 rings (SSSR count). The Bertz CT molecular complexity index is 781. The van der Waals surface area contributed by atoms with Gasteiger partial charge in [-0.25, -0.2) is 0 Å². The molecule has 0 heterocycles. The molecule has 0 aliphatic rings. The normalized spacial score (nSPS) is 10.3. The maximum Gasteiger partial charge on any atom is 0.270 e. The highest BCUT2D eigenvalue weighted by molar-refractivity contribution is 6.34. The highest BCUT2D eigenvalue weighted by Crippen LogP contribution is 2.22. The van der Waals surface area contributed by atoms with E-state index in [0.717, 1.165) is 11.6 Å². The van der Waals surface area contributed by atoms with Gasteiger partial charge in [0.25, 0.3) is 11.6 Å². The topological polar surface area (TPSA) is 81.5 Å². The van der Waals surface area contributed by atoms with Crippen LogP contribution in [0.15, 0.2) is 36.4 Å². The number of amides is 1. The van der Waals surface area contributed by atoms with Gasteiger partial charge >= 0.3 is 0 Å². The molecule has 0 unspecified atom stereocenters. The number of nitrogens with one attached hydrogen (secondary N) is 1. The Balaban J connectivity index is 1.90. The van der Waals surface area contributed by atoms with E-state index in [1.54, 1.807) is 12.1 Å². The molecule has 0 fully saturated rings. The lowest BCUT2D eigenvalue weighted by atomic mass is 10.2. The zero-order chi connectivity index (χ0) is 17.7. The molecule has 0 saturated carbocycles. The minimum absolute atomic E-state index is 0.0456. The molecule has 0 aliphatic heterocycles. The molecule has 0 saturated heterocycles. The molecule has 126 valence electrons. The monoisotopic (exact) mass is 368 g/mol. The number of aryl methyl sites for hydroxylation is 1. The Labute approximate surface area is 148 Å². The molecular weight excluding hydrogens is 355 g/mol. The van der Waals surface area contributed by atoms with Crippen molar-refractivity contribution in [3.05, 3.63) is 67.7 Å². The minimum Gasteiger partial charge on any atom is -0.492 e. The van der Waals surface area contributed by atoms with Gasteiger partial charge in [0.05, 0.1) is 22.1 Å². The fourth-order valence-electron chi connectivity index (χ4n) is 1.89.